The Morgan fingerprint density at radius 1 is 1.19 bits per heavy atom. The van der Waals surface area contributed by atoms with Crippen LogP contribution in [0.5, 0.6) is 5.75 Å². The smallest absolute Gasteiger partial charge is 0.240 e. The van der Waals surface area contributed by atoms with Crippen molar-refractivity contribution in [3.05, 3.63) is 58.6 Å². The predicted octanol–water partition coefficient (Wildman–Crippen LogP) is 2.97. The second-order valence-corrected chi connectivity index (χ2v) is 8.88. The molecule has 0 spiro atoms. The lowest BCUT2D eigenvalue weighted by Crippen LogP contribution is -2.40. The van der Waals surface area contributed by atoms with Gasteiger partial charge in [-0.1, -0.05) is 34.1 Å². The zero-order valence-corrected chi connectivity index (χ0v) is 17.7. The van der Waals surface area contributed by atoms with Gasteiger partial charge in [-0.15, -0.1) is 0 Å². The van der Waals surface area contributed by atoms with Crippen molar-refractivity contribution in [2.75, 3.05) is 30.8 Å². The first-order valence-electron chi connectivity index (χ1n) is 8.42. The number of nitrogens with one attached hydrogen (secondary N) is 1. The molecular weight excluding hydrogens is 432 g/mol. The summed E-state index contributed by atoms with van der Waals surface area (Å²) in [5.74, 6) is 0.459. The average Bonchev–Trinajstić information content (AvgIpc) is 2.62. The summed E-state index contributed by atoms with van der Waals surface area (Å²) in [6.07, 6.45) is 2.62. The van der Waals surface area contributed by atoms with E-state index in [0.717, 1.165) is 39.2 Å². The largest absolute Gasteiger partial charge is 0.497 e. The second-order valence-electron chi connectivity index (χ2n) is 6.05. The summed E-state index contributed by atoms with van der Waals surface area (Å²) < 4.78 is 31.2. The highest BCUT2D eigenvalue weighted by Crippen LogP contribution is 2.21. The zero-order valence-electron chi connectivity index (χ0n) is 15.3. The normalized spacial score (nSPS) is 11.1. The van der Waals surface area contributed by atoms with Crippen molar-refractivity contribution in [2.24, 2.45) is 0 Å². The Hall–Kier alpha value is -2.06. The van der Waals surface area contributed by atoms with Crippen LogP contribution in [0.2, 0.25) is 0 Å². The van der Waals surface area contributed by atoms with Crippen molar-refractivity contribution in [3.63, 3.8) is 0 Å². The minimum absolute atomic E-state index is 0.256. The third-order valence-corrected chi connectivity index (χ3v) is 5.52. The fourth-order valence-corrected chi connectivity index (χ4v) is 3.80. The van der Waals surface area contributed by atoms with E-state index >= 15 is 0 Å². The number of rotatable bonds is 9. The Labute approximate surface area is 168 Å². The summed E-state index contributed by atoms with van der Waals surface area (Å²) in [6, 6.07) is 14.6. The maximum absolute atomic E-state index is 12.2. The molecule has 6 nitrogen and oxygen atoms in total. The van der Waals surface area contributed by atoms with Crippen molar-refractivity contribution >= 4 is 37.5 Å². The molecule has 2 rings (SSSR count). The maximum atomic E-state index is 12.2. The highest BCUT2D eigenvalue weighted by molar-refractivity contribution is 9.10. The third kappa shape index (κ3) is 6.88. The van der Waals surface area contributed by atoms with Crippen molar-refractivity contribution < 1.29 is 17.9 Å². The van der Waals surface area contributed by atoms with Crippen LogP contribution in [0.15, 0.2) is 53.0 Å². The molecule has 0 unspecified atom stereocenters. The van der Waals surface area contributed by atoms with Crippen LogP contribution in [0, 0.1) is 0 Å². The first-order valence-corrected chi connectivity index (χ1v) is 11.1. The lowest BCUT2D eigenvalue weighted by atomic mass is 10.1. The van der Waals surface area contributed by atoms with Gasteiger partial charge in [0, 0.05) is 11.0 Å². The van der Waals surface area contributed by atoms with Crippen LogP contribution in [-0.2, 0) is 21.2 Å². The van der Waals surface area contributed by atoms with Gasteiger partial charge >= 0.3 is 0 Å². The number of aryl methyl sites for hydroxylation is 1. The fraction of sp³-hybridized carbons (Fsp3) is 0.316. The highest BCUT2D eigenvalue weighted by Gasteiger charge is 2.20. The second kappa shape index (κ2) is 9.75. The monoisotopic (exact) mass is 454 g/mol. The van der Waals surface area contributed by atoms with E-state index in [9.17, 15) is 13.2 Å². The number of nitrogens with zero attached hydrogens (tertiary/aromatic N) is 1. The molecule has 0 atom stereocenters. The van der Waals surface area contributed by atoms with Gasteiger partial charge in [-0.25, -0.2) is 8.42 Å². The topological polar surface area (TPSA) is 75.7 Å². The van der Waals surface area contributed by atoms with Gasteiger partial charge in [0.1, 0.15) is 12.3 Å². The molecule has 2 aromatic rings. The summed E-state index contributed by atoms with van der Waals surface area (Å²) in [4.78, 5) is 12.2. The molecule has 1 amide bonds. The molecular formula is C19H23BrN2O4S. The molecule has 146 valence electrons. The van der Waals surface area contributed by atoms with E-state index in [1.54, 1.807) is 31.4 Å². The van der Waals surface area contributed by atoms with Gasteiger partial charge in [-0.2, -0.15) is 0 Å². The Kier molecular flexibility index (Phi) is 7.67. The van der Waals surface area contributed by atoms with Crippen LogP contribution in [0.1, 0.15) is 12.0 Å². The van der Waals surface area contributed by atoms with E-state index in [0.29, 0.717) is 12.2 Å². The van der Waals surface area contributed by atoms with E-state index in [1.165, 1.54) is 0 Å². The molecule has 0 aliphatic rings. The highest BCUT2D eigenvalue weighted by atomic mass is 79.9. The van der Waals surface area contributed by atoms with Gasteiger partial charge in [0.2, 0.25) is 15.9 Å². The van der Waals surface area contributed by atoms with E-state index in [1.807, 2.05) is 24.3 Å². The number of sulfonamides is 1. The first kappa shape index (κ1) is 21.2. The molecule has 0 radical (unpaired) electrons. The van der Waals surface area contributed by atoms with Gasteiger partial charge in [-0.05, 0) is 48.7 Å². The van der Waals surface area contributed by atoms with E-state index < -0.39 is 10.0 Å². The van der Waals surface area contributed by atoms with Crippen LogP contribution in [-0.4, -0.2) is 40.8 Å². The molecule has 0 bridgehead atoms. The molecule has 0 saturated carbocycles. The fourth-order valence-electron chi connectivity index (χ4n) is 2.57. The number of amides is 1. The molecule has 0 fully saturated rings. The zero-order chi connectivity index (χ0) is 19.9. The number of carbonyl (C=O) groups is 1. The van der Waals surface area contributed by atoms with Crippen LogP contribution in [0.25, 0.3) is 0 Å². The standard InChI is InChI=1S/C19H23BrN2O4S/c1-26-18-10-3-6-15(12-18)7-5-11-21-19(23)14-22(27(2,24)25)17-9-4-8-16(20)13-17/h3-4,6,8-10,12-13H,5,7,11,14H2,1-2H3,(H,21,23). The van der Waals surface area contributed by atoms with Crippen LogP contribution < -0.4 is 14.4 Å². The molecule has 0 heterocycles. The molecule has 8 heteroatoms. The van der Waals surface area contributed by atoms with Gasteiger partial charge < -0.3 is 10.1 Å². The molecule has 0 aromatic heterocycles. The van der Waals surface area contributed by atoms with E-state index in [4.69, 9.17) is 4.74 Å². The number of ether oxygens (including phenoxy) is 1. The predicted molar refractivity (Wildman–Crippen MR) is 111 cm³/mol. The summed E-state index contributed by atoms with van der Waals surface area (Å²) in [7, 11) is -1.95. The minimum Gasteiger partial charge on any atom is -0.497 e. The lowest BCUT2D eigenvalue weighted by molar-refractivity contribution is -0.119. The molecule has 0 saturated heterocycles. The molecule has 1 N–H and O–H groups in total. The Morgan fingerprint density at radius 2 is 1.93 bits per heavy atom. The van der Waals surface area contributed by atoms with E-state index in [-0.39, 0.29) is 12.5 Å². The quantitative estimate of drug-likeness (QED) is 0.590. The molecule has 0 aliphatic heterocycles. The van der Waals surface area contributed by atoms with Gasteiger partial charge in [0.25, 0.3) is 0 Å². The van der Waals surface area contributed by atoms with Crippen LogP contribution in [0.4, 0.5) is 5.69 Å². The molecule has 0 aliphatic carbocycles. The average molecular weight is 455 g/mol. The van der Waals surface area contributed by atoms with Gasteiger partial charge in [-0.3, -0.25) is 9.10 Å². The number of methoxy groups -OCH3 is 1. The number of hydrogen-bond acceptors (Lipinski definition) is 4. The SMILES string of the molecule is COc1cccc(CCCNC(=O)CN(c2cccc(Br)c2)S(C)(=O)=O)c1. The first-order chi connectivity index (χ1) is 12.8. The maximum Gasteiger partial charge on any atom is 0.240 e. The van der Waals surface area contributed by atoms with Crippen molar-refractivity contribution in [3.8, 4) is 5.75 Å². The number of hydrogen-bond donors (Lipinski definition) is 1. The summed E-state index contributed by atoms with van der Waals surface area (Å²) >= 11 is 3.32. The Morgan fingerprint density at radius 3 is 2.59 bits per heavy atom. The van der Waals surface area contributed by atoms with Crippen LogP contribution in [0.3, 0.4) is 0 Å². The number of benzene rings is 2. The molecule has 27 heavy (non-hydrogen) atoms. The summed E-state index contributed by atoms with van der Waals surface area (Å²) in [5.41, 5.74) is 1.56. The number of carbonyl (C=O) groups excluding carboxylic acids is 1. The third-order valence-electron chi connectivity index (χ3n) is 3.88. The molecule has 2 aromatic carbocycles. The lowest BCUT2D eigenvalue weighted by Gasteiger charge is -2.22. The van der Waals surface area contributed by atoms with Crippen molar-refractivity contribution in [1.29, 1.82) is 0 Å². The van der Waals surface area contributed by atoms with Gasteiger partial charge in [0.05, 0.1) is 19.1 Å². The van der Waals surface area contributed by atoms with Crippen LogP contribution >= 0.6 is 15.9 Å². The number of halogens is 1. The summed E-state index contributed by atoms with van der Waals surface area (Å²) in [5, 5.41) is 2.78. The van der Waals surface area contributed by atoms with Gasteiger partial charge in [0.15, 0.2) is 0 Å². The van der Waals surface area contributed by atoms with Crippen molar-refractivity contribution in [1.82, 2.24) is 5.32 Å². The Balaban J connectivity index is 1.88. The Bertz CT molecular complexity index is 887. The van der Waals surface area contributed by atoms with E-state index in [2.05, 4.69) is 21.2 Å². The summed E-state index contributed by atoms with van der Waals surface area (Å²) in [6.45, 7) is 0.209. The van der Waals surface area contributed by atoms with Crippen molar-refractivity contribution in [2.45, 2.75) is 12.8 Å². The minimum atomic E-state index is -3.57. The number of anilines is 1.